The van der Waals surface area contributed by atoms with Gasteiger partial charge in [0.1, 0.15) is 0 Å². The Morgan fingerprint density at radius 2 is 2.07 bits per heavy atom. The summed E-state index contributed by atoms with van der Waals surface area (Å²) in [7, 11) is 0. The predicted molar refractivity (Wildman–Crippen MR) is 105 cm³/mol. The first kappa shape index (κ1) is 19.8. The minimum atomic E-state index is -0.146. The molecule has 2 aliphatic rings. The molecule has 1 aromatic rings. The van der Waals surface area contributed by atoms with Crippen molar-refractivity contribution in [3.63, 3.8) is 0 Å². The minimum absolute atomic E-state index is 0.00309. The molecule has 2 atom stereocenters. The van der Waals surface area contributed by atoms with E-state index < -0.39 is 0 Å². The summed E-state index contributed by atoms with van der Waals surface area (Å²) in [6.07, 6.45) is 11.7. The Hall–Kier alpha value is -1.95. The molecule has 0 bridgehead atoms. The Balaban J connectivity index is 1.58. The van der Waals surface area contributed by atoms with E-state index in [-0.39, 0.29) is 23.9 Å². The number of amides is 2. The molecule has 2 N–H and O–H groups in total. The van der Waals surface area contributed by atoms with Crippen molar-refractivity contribution in [2.24, 2.45) is 5.92 Å². The molecule has 27 heavy (non-hydrogen) atoms. The van der Waals surface area contributed by atoms with Crippen LogP contribution in [0.2, 0.25) is 0 Å². The number of aromatic nitrogens is 1. The van der Waals surface area contributed by atoms with Crippen LogP contribution in [-0.4, -0.2) is 53.4 Å². The highest BCUT2D eigenvalue weighted by atomic mass is 16.2. The maximum Gasteiger partial charge on any atom is 0.253 e. The summed E-state index contributed by atoms with van der Waals surface area (Å²) in [6.45, 7) is 4.26. The number of carbonyl (C=O) groups excluding carboxylic acids is 2. The van der Waals surface area contributed by atoms with Crippen LogP contribution < -0.4 is 10.6 Å². The van der Waals surface area contributed by atoms with Gasteiger partial charge in [0.15, 0.2) is 0 Å². The van der Waals surface area contributed by atoms with Crippen molar-refractivity contribution in [3.05, 3.63) is 30.1 Å². The lowest BCUT2D eigenvalue weighted by Crippen LogP contribution is -2.43. The Morgan fingerprint density at radius 3 is 2.78 bits per heavy atom. The number of likely N-dealkylation sites (tertiary alicyclic amines) is 1. The van der Waals surface area contributed by atoms with E-state index in [4.69, 9.17) is 0 Å². The molecule has 6 heteroatoms. The van der Waals surface area contributed by atoms with Gasteiger partial charge in [-0.05, 0) is 44.4 Å². The second kappa shape index (κ2) is 9.83. The smallest absolute Gasteiger partial charge is 0.253 e. The zero-order valence-corrected chi connectivity index (χ0v) is 16.3. The zero-order valence-electron chi connectivity index (χ0n) is 16.3. The Labute approximate surface area is 162 Å². The van der Waals surface area contributed by atoms with Crippen LogP contribution in [0.15, 0.2) is 24.5 Å². The molecule has 0 spiro atoms. The van der Waals surface area contributed by atoms with Gasteiger partial charge in [-0.25, -0.2) is 0 Å². The predicted octanol–water partition coefficient (Wildman–Crippen LogP) is 2.36. The summed E-state index contributed by atoms with van der Waals surface area (Å²) in [5.74, 6) is 0.758. The van der Waals surface area contributed by atoms with Gasteiger partial charge in [-0.3, -0.25) is 19.5 Å². The summed E-state index contributed by atoms with van der Waals surface area (Å²) in [5, 5.41) is 6.05. The number of nitrogens with zero attached hydrogens (tertiary/aromatic N) is 2. The first-order valence-electron chi connectivity index (χ1n) is 10.4. The van der Waals surface area contributed by atoms with Crippen molar-refractivity contribution in [1.82, 2.24) is 20.5 Å². The maximum atomic E-state index is 12.5. The third-order valence-corrected chi connectivity index (χ3v) is 5.87. The van der Waals surface area contributed by atoms with Crippen LogP contribution in [0.1, 0.15) is 62.2 Å². The van der Waals surface area contributed by atoms with E-state index in [2.05, 4.69) is 20.5 Å². The summed E-state index contributed by atoms with van der Waals surface area (Å²) < 4.78 is 0. The summed E-state index contributed by atoms with van der Waals surface area (Å²) in [4.78, 5) is 31.3. The van der Waals surface area contributed by atoms with Crippen molar-refractivity contribution >= 4 is 11.8 Å². The number of hydrogen-bond donors (Lipinski definition) is 2. The molecule has 1 saturated heterocycles. The second-order valence-corrected chi connectivity index (χ2v) is 7.85. The molecule has 2 heterocycles. The largest absolute Gasteiger partial charge is 0.355 e. The van der Waals surface area contributed by atoms with Crippen molar-refractivity contribution in [1.29, 1.82) is 0 Å². The molecule has 3 rings (SSSR count). The first-order valence-corrected chi connectivity index (χ1v) is 10.4. The van der Waals surface area contributed by atoms with Crippen LogP contribution in [0.4, 0.5) is 0 Å². The van der Waals surface area contributed by atoms with E-state index in [0.29, 0.717) is 18.5 Å². The van der Waals surface area contributed by atoms with Gasteiger partial charge in [-0.15, -0.1) is 0 Å². The van der Waals surface area contributed by atoms with Crippen molar-refractivity contribution in [2.75, 3.05) is 19.6 Å². The molecular weight excluding hydrogens is 340 g/mol. The molecule has 0 radical (unpaired) electrons. The quantitative estimate of drug-likeness (QED) is 0.771. The van der Waals surface area contributed by atoms with Crippen LogP contribution in [0.3, 0.4) is 0 Å². The van der Waals surface area contributed by atoms with E-state index in [1.807, 2.05) is 6.92 Å². The van der Waals surface area contributed by atoms with Crippen molar-refractivity contribution in [2.45, 2.75) is 64.0 Å². The van der Waals surface area contributed by atoms with Gasteiger partial charge < -0.3 is 10.6 Å². The lowest BCUT2D eigenvalue weighted by atomic mass is 9.87. The van der Waals surface area contributed by atoms with E-state index in [0.717, 1.165) is 25.4 Å². The van der Waals surface area contributed by atoms with E-state index >= 15 is 0 Å². The fourth-order valence-corrected chi connectivity index (χ4v) is 4.41. The average molecular weight is 373 g/mol. The van der Waals surface area contributed by atoms with Gasteiger partial charge in [0.2, 0.25) is 5.91 Å². The monoisotopic (exact) mass is 372 g/mol. The maximum absolute atomic E-state index is 12.5. The normalized spacial score (nSPS) is 23.9. The number of hydrogen-bond acceptors (Lipinski definition) is 4. The molecule has 0 aromatic carbocycles. The van der Waals surface area contributed by atoms with Crippen LogP contribution in [0.25, 0.3) is 0 Å². The third-order valence-electron chi connectivity index (χ3n) is 5.87. The van der Waals surface area contributed by atoms with Crippen molar-refractivity contribution in [3.8, 4) is 0 Å². The molecule has 1 aliphatic carbocycles. The minimum Gasteiger partial charge on any atom is -0.355 e. The molecular formula is C21H32N4O2. The SMILES string of the molecule is CCNC(=O)[C@@H]1C[C@H](NC(=O)c2cccnc2)CN1CCC1CCCCC1. The Kier molecular flexibility index (Phi) is 7.21. The molecule has 1 saturated carbocycles. The number of rotatable bonds is 7. The topological polar surface area (TPSA) is 74.3 Å². The highest BCUT2D eigenvalue weighted by Gasteiger charge is 2.37. The summed E-state index contributed by atoms with van der Waals surface area (Å²) >= 11 is 0. The fraction of sp³-hybridized carbons (Fsp3) is 0.667. The molecule has 1 aromatic heterocycles. The lowest BCUT2D eigenvalue weighted by molar-refractivity contribution is -0.125. The van der Waals surface area contributed by atoms with Crippen LogP contribution in [0.5, 0.6) is 0 Å². The zero-order chi connectivity index (χ0) is 19.1. The fourth-order valence-electron chi connectivity index (χ4n) is 4.41. The number of carbonyl (C=O) groups is 2. The Morgan fingerprint density at radius 1 is 1.26 bits per heavy atom. The molecule has 2 amide bonds. The van der Waals surface area contributed by atoms with Gasteiger partial charge in [-0.1, -0.05) is 32.1 Å². The second-order valence-electron chi connectivity index (χ2n) is 7.85. The van der Waals surface area contributed by atoms with Crippen LogP contribution in [0, 0.1) is 5.92 Å². The highest BCUT2D eigenvalue weighted by molar-refractivity contribution is 5.94. The molecule has 1 aliphatic heterocycles. The Bertz CT molecular complexity index is 616. The van der Waals surface area contributed by atoms with Gasteiger partial charge >= 0.3 is 0 Å². The molecule has 6 nitrogen and oxygen atoms in total. The van der Waals surface area contributed by atoms with Gasteiger partial charge in [0.05, 0.1) is 11.6 Å². The molecule has 0 unspecified atom stereocenters. The summed E-state index contributed by atoms with van der Waals surface area (Å²) in [6, 6.07) is 3.38. The average Bonchev–Trinajstić information content (AvgIpc) is 3.11. The number of nitrogens with one attached hydrogen (secondary N) is 2. The third kappa shape index (κ3) is 5.51. The van der Waals surface area contributed by atoms with E-state index in [1.165, 1.54) is 32.1 Å². The van der Waals surface area contributed by atoms with Gasteiger partial charge in [0.25, 0.3) is 5.91 Å². The highest BCUT2D eigenvalue weighted by Crippen LogP contribution is 2.28. The van der Waals surface area contributed by atoms with Crippen LogP contribution >= 0.6 is 0 Å². The van der Waals surface area contributed by atoms with E-state index in [9.17, 15) is 9.59 Å². The number of pyridine rings is 1. The van der Waals surface area contributed by atoms with Gasteiger partial charge in [0, 0.05) is 31.5 Å². The number of likely N-dealkylation sites (N-methyl/N-ethyl adjacent to an activating group) is 1. The van der Waals surface area contributed by atoms with Crippen molar-refractivity contribution < 1.29 is 9.59 Å². The summed E-state index contributed by atoms with van der Waals surface area (Å²) in [5.41, 5.74) is 0.563. The van der Waals surface area contributed by atoms with E-state index in [1.54, 1.807) is 24.5 Å². The standard InChI is InChI=1S/C21H32N4O2/c1-2-23-21(27)19-13-18(24-20(26)17-9-6-11-22-14-17)15-25(19)12-10-16-7-4-3-5-8-16/h6,9,11,14,16,18-19H,2-5,7-8,10,12-13,15H2,1H3,(H,23,27)(H,24,26)/t18-,19-/m0/s1. The molecule has 2 fully saturated rings. The van der Waals surface area contributed by atoms with Crippen LogP contribution in [-0.2, 0) is 4.79 Å². The van der Waals surface area contributed by atoms with Gasteiger partial charge in [-0.2, -0.15) is 0 Å². The molecule has 148 valence electrons. The lowest BCUT2D eigenvalue weighted by Gasteiger charge is -2.27. The first-order chi connectivity index (χ1) is 13.2.